The van der Waals surface area contributed by atoms with Crippen molar-refractivity contribution < 1.29 is 0 Å². The molecule has 0 saturated carbocycles. The van der Waals surface area contributed by atoms with Gasteiger partial charge in [-0.15, -0.1) is 0 Å². The molecular formula is C6H11IN2. The van der Waals surface area contributed by atoms with Gasteiger partial charge in [-0.25, -0.2) is 3.11 Å². The molecule has 0 aromatic rings. The van der Waals surface area contributed by atoms with Gasteiger partial charge in [0, 0.05) is 41.5 Å². The Kier molecular flexibility index (Phi) is 1.46. The number of nitrogens with one attached hydrogen (secondary N) is 1. The minimum atomic E-state index is 0.557. The molecule has 0 radical (unpaired) electrons. The van der Waals surface area contributed by atoms with Crippen LogP contribution in [0.3, 0.4) is 0 Å². The van der Waals surface area contributed by atoms with Crippen LogP contribution in [0, 0.1) is 0 Å². The van der Waals surface area contributed by atoms with E-state index in [0.29, 0.717) is 5.54 Å². The summed E-state index contributed by atoms with van der Waals surface area (Å²) in [4.78, 5) is 0. The van der Waals surface area contributed by atoms with Crippen molar-refractivity contribution in [1.82, 2.24) is 8.43 Å². The Hall–Kier alpha value is 0.650. The number of nitrogens with zero attached hydrogens (tertiary/aromatic N) is 1. The highest BCUT2D eigenvalue weighted by molar-refractivity contribution is 14.1. The lowest BCUT2D eigenvalue weighted by atomic mass is 9.87. The molecule has 52 valence electrons. The van der Waals surface area contributed by atoms with Crippen LogP contribution in [-0.4, -0.2) is 28.3 Å². The third kappa shape index (κ3) is 0.991. The van der Waals surface area contributed by atoms with Gasteiger partial charge in [-0.05, 0) is 19.4 Å². The Morgan fingerprint density at radius 2 is 2.22 bits per heavy atom. The molecule has 0 aliphatic carbocycles. The van der Waals surface area contributed by atoms with E-state index in [1.165, 1.54) is 32.5 Å². The van der Waals surface area contributed by atoms with E-state index in [9.17, 15) is 0 Å². The summed E-state index contributed by atoms with van der Waals surface area (Å²) in [6.45, 7) is 3.77. The third-order valence-electron chi connectivity index (χ3n) is 2.41. The summed E-state index contributed by atoms with van der Waals surface area (Å²) < 4.78 is 2.38. The molecule has 1 unspecified atom stereocenters. The highest BCUT2D eigenvalue weighted by atomic mass is 127. The summed E-state index contributed by atoms with van der Waals surface area (Å²) in [6, 6.07) is 0. The molecule has 0 aromatic carbocycles. The van der Waals surface area contributed by atoms with E-state index < -0.39 is 0 Å². The summed E-state index contributed by atoms with van der Waals surface area (Å²) in [6.07, 6.45) is 2.75. The third-order valence-corrected chi connectivity index (χ3v) is 3.23. The van der Waals surface area contributed by atoms with Crippen LogP contribution in [0.15, 0.2) is 0 Å². The van der Waals surface area contributed by atoms with Crippen molar-refractivity contribution >= 4 is 22.9 Å². The predicted octanol–water partition coefficient (Wildman–Crippen LogP) is 0.774. The molecule has 0 amide bonds. The molecule has 2 heterocycles. The van der Waals surface area contributed by atoms with Crippen molar-refractivity contribution in [3.63, 3.8) is 0 Å². The summed E-state index contributed by atoms with van der Waals surface area (Å²) in [7, 11) is 0. The fourth-order valence-electron chi connectivity index (χ4n) is 1.65. The zero-order valence-electron chi connectivity index (χ0n) is 5.36. The second-order valence-corrected chi connectivity index (χ2v) is 4.42. The lowest BCUT2D eigenvalue weighted by Crippen LogP contribution is -2.57. The van der Waals surface area contributed by atoms with Crippen LogP contribution in [0.2, 0.25) is 0 Å². The molecule has 9 heavy (non-hydrogen) atoms. The number of hydrogen-bond donors (Lipinski definition) is 1. The van der Waals surface area contributed by atoms with Crippen LogP contribution in [0.1, 0.15) is 12.8 Å². The maximum Gasteiger partial charge on any atom is 0.0341 e. The summed E-state index contributed by atoms with van der Waals surface area (Å²) in [5.74, 6) is 0. The van der Waals surface area contributed by atoms with Crippen molar-refractivity contribution in [3.05, 3.63) is 0 Å². The monoisotopic (exact) mass is 238 g/mol. The molecule has 1 N–H and O–H groups in total. The van der Waals surface area contributed by atoms with E-state index in [-0.39, 0.29) is 0 Å². The van der Waals surface area contributed by atoms with Gasteiger partial charge >= 0.3 is 0 Å². The number of halogens is 1. The van der Waals surface area contributed by atoms with E-state index in [1.54, 1.807) is 0 Å². The van der Waals surface area contributed by atoms with Gasteiger partial charge in [0.1, 0.15) is 0 Å². The Bertz CT molecular complexity index is 122. The maximum absolute atomic E-state index is 3.50. The van der Waals surface area contributed by atoms with Gasteiger partial charge in [-0.1, -0.05) is 0 Å². The Morgan fingerprint density at radius 3 is 2.44 bits per heavy atom. The van der Waals surface area contributed by atoms with E-state index in [0.717, 1.165) is 0 Å². The van der Waals surface area contributed by atoms with Crippen LogP contribution in [0.5, 0.6) is 0 Å². The predicted molar refractivity (Wildman–Crippen MR) is 45.6 cm³/mol. The van der Waals surface area contributed by atoms with Gasteiger partial charge in [0.05, 0.1) is 0 Å². The molecule has 1 atom stereocenters. The first-order valence-electron chi connectivity index (χ1n) is 3.47. The largest absolute Gasteiger partial charge is 0.310 e. The van der Waals surface area contributed by atoms with Crippen molar-refractivity contribution in [3.8, 4) is 0 Å². The van der Waals surface area contributed by atoms with E-state index in [2.05, 4.69) is 31.3 Å². The van der Waals surface area contributed by atoms with Gasteiger partial charge in [0.25, 0.3) is 0 Å². The molecule has 2 aliphatic heterocycles. The first-order chi connectivity index (χ1) is 4.31. The van der Waals surface area contributed by atoms with Crippen LogP contribution >= 0.6 is 22.9 Å². The number of hydrogen-bond acceptors (Lipinski definition) is 2. The molecule has 1 spiro atoms. The highest BCUT2D eigenvalue weighted by Gasteiger charge is 2.41. The van der Waals surface area contributed by atoms with Gasteiger partial charge in [0.2, 0.25) is 0 Å². The smallest absolute Gasteiger partial charge is 0.0341 e. The van der Waals surface area contributed by atoms with Crippen molar-refractivity contribution in [2.45, 2.75) is 18.4 Å². The first kappa shape index (κ1) is 6.37. The Labute approximate surface area is 69.5 Å². The lowest BCUT2D eigenvalue weighted by Gasteiger charge is -2.39. The Morgan fingerprint density at radius 1 is 1.44 bits per heavy atom. The molecule has 2 aliphatic rings. The second kappa shape index (κ2) is 2.07. The van der Waals surface area contributed by atoms with E-state index in [1.807, 2.05) is 0 Å². The normalized spacial score (nSPS) is 43.7. The fourth-order valence-corrected chi connectivity index (χ4v) is 2.54. The second-order valence-electron chi connectivity index (χ2n) is 3.05. The minimum absolute atomic E-state index is 0.557. The topological polar surface area (TPSA) is 15.3 Å². The quantitative estimate of drug-likeness (QED) is 0.495. The first-order valence-corrected chi connectivity index (χ1v) is 4.43. The van der Waals surface area contributed by atoms with Crippen LogP contribution in [0.4, 0.5) is 0 Å². The van der Waals surface area contributed by atoms with Gasteiger partial charge in [0.15, 0.2) is 0 Å². The zero-order valence-corrected chi connectivity index (χ0v) is 7.52. The zero-order chi connectivity index (χ0) is 6.32. The lowest BCUT2D eigenvalue weighted by molar-refractivity contribution is 0.226. The number of rotatable bonds is 0. The summed E-state index contributed by atoms with van der Waals surface area (Å²) >= 11 is 2.41. The van der Waals surface area contributed by atoms with Gasteiger partial charge < -0.3 is 5.32 Å². The molecule has 3 heteroatoms. The SMILES string of the molecule is IN1CCC2(CCN2)C1. The van der Waals surface area contributed by atoms with Gasteiger partial charge in [-0.2, -0.15) is 0 Å². The molecule has 2 nitrogen and oxygen atoms in total. The molecule has 0 bridgehead atoms. The van der Waals surface area contributed by atoms with Crippen molar-refractivity contribution in [2.24, 2.45) is 0 Å². The van der Waals surface area contributed by atoms with Crippen molar-refractivity contribution in [2.75, 3.05) is 19.6 Å². The van der Waals surface area contributed by atoms with Crippen molar-refractivity contribution in [1.29, 1.82) is 0 Å². The standard InChI is InChI=1S/C6H11IN2/c7-9-4-2-6(5-9)1-3-8-6/h8H,1-5H2. The fraction of sp³-hybridized carbons (Fsp3) is 1.00. The minimum Gasteiger partial charge on any atom is -0.310 e. The molecule has 0 aromatic heterocycles. The van der Waals surface area contributed by atoms with E-state index in [4.69, 9.17) is 0 Å². The molecular weight excluding hydrogens is 227 g/mol. The highest BCUT2D eigenvalue weighted by Crippen LogP contribution is 2.31. The summed E-state index contributed by atoms with van der Waals surface area (Å²) in [5, 5.41) is 3.50. The molecule has 2 rings (SSSR count). The maximum atomic E-state index is 3.50. The van der Waals surface area contributed by atoms with Crippen LogP contribution in [-0.2, 0) is 0 Å². The molecule has 2 fully saturated rings. The van der Waals surface area contributed by atoms with E-state index >= 15 is 0 Å². The van der Waals surface area contributed by atoms with Crippen LogP contribution < -0.4 is 5.32 Å². The summed E-state index contributed by atoms with van der Waals surface area (Å²) in [5.41, 5.74) is 0.557. The molecule has 2 saturated heterocycles. The van der Waals surface area contributed by atoms with Gasteiger partial charge in [-0.3, -0.25) is 0 Å². The van der Waals surface area contributed by atoms with Crippen LogP contribution in [0.25, 0.3) is 0 Å². The average molecular weight is 238 g/mol. The Balaban J connectivity index is 1.99. The average Bonchev–Trinajstić information content (AvgIpc) is 2.09.